The first-order valence-electron chi connectivity index (χ1n) is 5.33. The zero-order valence-corrected chi connectivity index (χ0v) is 10.5. The third kappa shape index (κ3) is 2.84. The summed E-state index contributed by atoms with van der Waals surface area (Å²) in [4.78, 5) is 15.7. The minimum atomic E-state index is -0.301. The smallest absolute Gasteiger partial charge is 0.271 e. The first kappa shape index (κ1) is 12.5. The Kier molecular flexibility index (Phi) is 3.57. The quantitative estimate of drug-likeness (QED) is 0.895. The van der Waals surface area contributed by atoms with E-state index in [0.29, 0.717) is 10.8 Å². The lowest BCUT2D eigenvalue weighted by atomic mass is 10.1. The van der Waals surface area contributed by atoms with Crippen LogP contribution in [0.4, 0.5) is 9.52 Å². The molecule has 0 fully saturated rings. The number of nitrogens with zero attached hydrogens (tertiary/aromatic N) is 1. The van der Waals surface area contributed by atoms with Gasteiger partial charge in [-0.15, -0.1) is 11.3 Å². The first-order chi connectivity index (χ1) is 8.56. The van der Waals surface area contributed by atoms with Gasteiger partial charge >= 0.3 is 0 Å². The molecule has 2 rings (SSSR count). The minimum absolute atomic E-state index is 0.221. The second-order valence-electron chi connectivity index (χ2n) is 3.82. The molecule has 94 valence electrons. The molecule has 18 heavy (non-hydrogen) atoms. The second-order valence-corrected chi connectivity index (χ2v) is 4.71. The largest absolute Gasteiger partial charge is 0.375 e. The van der Waals surface area contributed by atoms with Gasteiger partial charge in [-0.05, 0) is 24.6 Å². The Bertz CT molecular complexity index is 553. The highest BCUT2D eigenvalue weighted by molar-refractivity contribution is 7.13. The van der Waals surface area contributed by atoms with Gasteiger partial charge in [-0.25, -0.2) is 9.37 Å². The van der Waals surface area contributed by atoms with Crippen molar-refractivity contribution in [2.24, 2.45) is 0 Å². The molecule has 0 aliphatic heterocycles. The number of rotatable bonds is 3. The van der Waals surface area contributed by atoms with E-state index in [1.807, 2.05) is 6.92 Å². The average molecular weight is 265 g/mol. The molecule has 1 amide bonds. The summed E-state index contributed by atoms with van der Waals surface area (Å²) in [6.45, 7) is 1.82. The van der Waals surface area contributed by atoms with Crippen molar-refractivity contribution in [3.8, 4) is 0 Å². The zero-order valence-electron chi connectivity index (χ0n) is 9.68. The number of nitrogen functional groups attached to an aromatic ring is 1. The molecule has 1 heterocycles. The first-order valence-corrected chi connectivity index (χ1v) is 6.21. The van der Waals surface area contributed by atoms with Crippen molar-refractivity contribution in [3.05, 3.63) is 46.7 Å². The number of amides is 1. The number of halogens is 1. The van der Waals surface area contributed by atoms with Gasteiger partial charge in [-0.2, -0.15) is 0 Å². The Morgan fingerprint density at radius 3 is 2.67 bits per heavy atom. The molecule has 0 unspecified atom stereocenters. The number of benzene rings is 1. The lowest BCUT2D eigenvalue weighted by molar-refractivity contribution is 0.0935. The topological polar surface area (TPSA) is 68.0 Å². The Hall–Kier alpha value is -1.95. The Balaban J connectivity index is 2.05. The van der Waals surface area contributed by atoms with E-state index >= 15 is 0 Å². The van der Waals surface area contributed by atoms with Gasteiger partial charge in [0, 0.05) is 5.38 Å². The number of nitrogens with two attached hydrogens (primary N) is 1. The predicted octanol–water partition coefficient (Wildman–Crippen LogP) is 2.36. The summed E-state index contributed by atoms with van der Waals surface area (Å²) < 4.78 is 12.8. The van der Waals surface area contributed by atoms with Crippen LogP contribution >= 0.6 is 11.3 Å². The molecule has 0 radical (unpaired) electrons. The lowest BCUT2D eigenvalue weighted by Crippen LogP contribution is -2.26. The van der Waals surface area contributed by atoms with Crippen LogP contribution < -0.4 is 11.1 Å². The van der Waals surface area contributed by atoms with E-state index < -0.39 is 0 Å². The summed E-state index contributed by atoms with van der Waals surface area (Å²) in [5.41, 5.74) is 6.59. The fourth-order valence-electron chi connectivity index (χ4n) is 1.50. The van der Waals surface area contributed by atoms with Crippen LogP contribution in [0.1, 0.15) is 29.0 Å². The highest BCUT2D eigenvalue weighted by Gasteiger charge is 2.13. The van der Waals surface area contributed by atoms with Gasteiger partial charge in [-0.3, -0.25) is 4.79 Å². The van der Waals surface area contributed by atoms with E-state index in [4.69, 9.17) is 5.73 Å². The van der Waals surface area contributed by atoms with Crippen molar-refractivity contribution in [3.63, 3.8) is 0 Å². The minimum Gasteiger partial charge on any atom is -0.375 e. The van der Waals surface area contributed by atoms with E-state index in [1.54, 1.807) is 17.5 Å². The van der Waals surface area contributed by atoms with E-state index in [0.717, 1.165) is 5.56 Å². The van der Waals surface area contributed by atoms with Crippen LogP contribution in [0.15, 0.2) is 29.6 Å². The number of anilines is 1. The summed E-state index contributed by atoms with van der Waals surface area (Å²) >= 11 is 1.21. The van der Waals surface area contributed by atoms with Crippen LogP contribution in [0, 0.1) is 5.82 Å². The second kappa shape index (κ2) is 5.14. The van der Waals surface area contributed by atoms with Crippen molar-refractivity contribution in [1.82, 2.24) is 10.3 Å². The van der Waals surface area contributed by atoms with Gasteiger partial charge in [-0.1, -0.05) is 12.1 Å². The summed E-state index contributed by atoms with van der Waals surface area (Å²) in [5, 5.41) is 4.73. The van der Waals surface area contributed by atoms with Crippen LogP contribution in [0.2, 0.25) is 0 Å². The highest BCUT2D eigenvalue weighted by Crippen LogP contribution is 2.15. The molecule has 3 N–H and O–H groups in total. The van der Waals surface area contributed by atoms with Gasteiger partial charge in [0.1, 0.15) is 11.5 Å². The molecule has 1 aromatic carbocycles. The molecule has 4 nitrogen and oxygen atoms in total. The van der Waals surface area contributed by atoms with E-state index in [2.05, 4.69) is 10.3 Å². The fourth-order valence-corrected chi connectivity index (χ4v) is 2.04. The van der Waals surface area contributed by atoms with Gasteiger partial charge in [0.25, 0.3) is 5.91 Å². The van der Waals surface area contributed by atoms with Crippen LogP contribution in [0.3, 0.4) is 0 Å². The Morgan fingerprint density at radius 2 is 2.11 bits per heavy atom. The number of carbonyl (C=O) groups is 1. The van der Waals surface area contributed by atoms with E-state index in [9.17, 15) is 9.18 Å². The maximum atomic E-state index is 12.8. The van der Waals surface area contributed by atoms with Crippen LogP contribution in [-0.4, -0.2) is 10.9 Å². The molecule has 0 saturated heterocycles. The van der Waals surface area contributed by atoms with Crippen molar-refractivity contribution < 1.29 is 9.18 Å². The molecule has 0 spiro atoms. The van der Waals surface area contributed by atoms with Gasteiger partial charge in [0.05, 0.1) is 6.04 Å². The van der Waals surface area contributed by atoms with Crippen LogP contribution in [0.5, 0.6) is 0 Å². The van der Waals surface area contributed by atoms with Crippen LogP contribution in [-0.2, 0) is 0 Å². The molecule has 0 aliphatic rings. The average Bonchev–Trinajstić information content (AvgIpc) is 2.76. The summed E-state index contributed by atoms with van der Waals surface area (Å²) in [6, 6.07) is 5.77. The van der Waals surface area contributed by atoms with Gasteiger partial charge in [0.15, 0.2) is 5.13 Å². The molecular weight excluding hydrogens is 253 g/mol. The number of nitrogens with one attached hydrogen (secondary N) is 1. The predicted molar refractivity (Wildman–Crippen MR) is 68.8 cm³/mol. The Morgan fingerprint density at radius 1 is 1.44 bits per heavy atom. The van der Waals surface area contributed by atoms with Crippen LogP contribution in [0.25, 0.3) is 0 Å². The number of carbonyl (C=O) groups excluding carboxylic acids is 1. The lowest BCUT2D eigenvalue weighted by Gasteiger charge is -2.13. The van der Waals surface area contributed by atoms with Crippen molar-refractivity contribution >= 4 is 22.4 Å². The third-order valence-electron chi connectivity index (χ3n) is 2.47. The number of thiazole rings is 1. The molecule has 6 heteroatoms. The zero-order chi connectivity index (χ0) is 13.1. The number of hydrogen-bond donors (Lipinski definition) is 2. The molecule has 1 atom stereocenters. The number of aromatic nitrogens is 1. The highest BCUT2D eigenvalue weighted by atomic mass is 32.1. The third-order valence-corrected chi connectivity index (χ3v) is 3.15. The van der Waals surface area contributed by atoms with Gasteiger partial charge < -0.3 is 11.1 Å². The number of hydrogen-bond acceptors (Lipinski definition) is 4. The van der Waals surface area contributed by atoms with Crippen molar-refractivity contribution in [2.75, 3.05) is 5.73 Å². The molecule has 2 aromatic rings. The van der Waals surface area contributed by atoms with Gasteiger partial charge in [0.2, 0.25) is 0 Å². The summed E-state index contributed by atoms with van der Waals surface area (Å²) in [6.07, 6.45) is 0. The monoisotopic (exact) mass is 265 g/mol. The van der Waals surface area contributed by atoms with Crippen molar-refractivity contribution in [2.45, 2.75) is 13.0 Å². The van der Waals surface area contributed by atoms with Crippen molar-refractivity contribution in [1.29, 1.82) is 0 Å². The fraction of sp³-hybridized carbons (Fsp3) is 0.167. The molecule has 1 aromatic heterocycles. The van der Waals surface area contributed by atoms with E-state index in [1.165, 1.54) is 23.5 Å². The summed E-state index contributed by atoms with van der Waals surface area (Å²) in [5.74, 6) is -0.593. The van der Waals surface area contributed by atoms with E-state index in [-0.39, 0.29) is 17.8 Å². The SMILES string of the molecule is C[C@H](NC(=O)c1csc(N)n1)c1ccc(F)cc1. The summed E-state index contributed by atoms with van der Waals surface area (Å²) in [7, 11) is 0. The standard InChI is InChI=1S/C12H12FN3OS/c1-7(8-2-4-9(13)5-3-8)15-11(17)10-6-18-12(14)16-10/h2-7H,1H3,(H2,14,16)(H,15,17)/t7-/m0/s1. The maximum absolute atomic E-state index is 12.8. The molecular formula is C12H12FN3OS. The molecule has 0 saturated carbocycles. The Labute approximate surface area is 108 Å². The normalized spacial score (nSPS) is 12.1. The maximum Gasteiger partial charge on any atom is 0.271 e. The molecule has 0 bridgehead atoms. The molecule has 0 aliphatic carbocycles.